The zero-order valence-corrected chi connectivity index (χ0v) is 41.5. The Hall–Kier alpha value is -3.27. The lowest BCUT2D eigenvalue weighted by atomic mass is 9.59. The van der Waals surface area contributed by atoms with Gasteiger partial charge in [0.15, 0.2) is 0 Å². The second kappa shape index (κ2) is 19.1. The Morgan fingerprint density at radius 1 is 0.694 bits per heavy atom. The molecule has 6 unspecified atom stereocenters. The van der Waals surface area contributed by atoms with Gasteiger partial charge in [-0.2, -0.15) is 0 Å². The Bertz CT molecular complexity index is 2170. The number of nitrogens with zero attached hydrogens (tertiary/aromatic N) is 2. The molecular weight excluding hydrogens is 819 g/mol. The monoisotopic (exact) mass is 888 g/mol. The maximum absolute atomic E-state index is 7.48. The first-order valence-electron chi connectivity index (χ1n) is 23.8. The van der Waals surface area contributed by atoms with Crippen molar-refractivity contribution < 1.29 is 0 Å². The summed E-state index contributed by atoms with van der Waals surface area (Å²) in [6, 6.07) is 13.1. The summed E-state index contributed by atoms with van der Waals surface area (Å²) in [5.74, 6) is 16.9. The van der Waals surface area contributed by atoms with Gasteiger partial charge in [0.1, 0.15) is 0 Å². The third kappa shape index (κ3) is 8.77. The van der Waals surface area contributed by atoms with E-state index in [1.807, 2.05) is 0 Å². The number of aryl methyl sites for hydroxylation is 1. The quantitative estimate of drug-likeness (QED) is 0.164. The second-order valence-electron chi connectivity index (χ2n) is 20.6. The molecule has 0 bridgehead atoms. The van der Waals surface area contributed by atoms with Crippen molar-refractivity contribution >= 4 is 46.2 Å². The molecule has 0 amide bonds. The van der Waals surface area contributed by atoms with Gasteiger partial charge in [-0.15, -0.1) is 0 Å². The number of hydrogen-bond donors (Lipinski definition) is 0. The zero-order valence-electron chi connectivity index (χ0n) is 39.3. The predicted molar refractivity (Wildman–Crippen MR) is 269 cm³/mol. The fourth-order valence-corrected chi connectivity index (χ4v) is 14.0. The summed E-state index contributed by atoms with van der Waals surface area (Å²) >= 11 is 21.9. The van der Waals surface area contributed by atoms with Gasteiger partial charge in [-0.1, -0.05) is 171 Å². The Labute approximate surface area is 391 Å². The number of unbranched alkanes of at least 4 members (excludes halogenated alkanes) is 2. The molecule has 6 atom stereocenters. The summed E-state index contributed by atoms with van der Waals surface area (Å²) in [7, 11) is 0. The number of fused-ring (bicyclic) bond motifs is 6. The molecule has 0 N–H and O–H groups in total. The van der Waals surface area contributed by atoms with E-state index in [0.29, 0.717) is 29.6 Å². The number of benzene rings is 3. The number of anilines is 2. The van der Waals surface area contributed by atoms with Crippen LogP contribution in [0.2, 0.25) is 15.1 Å². The van der Waals surface area contributed by atoms with Crippen LogP contribution in [0.3, 0.4) is 0 Å². The van der Waals surface area contributed by atoms with Gasteiger partial charge < -0.3 is 9.80 Å². The summed E-state index contributed by atoms with van der Waals surface area (Å²) in [6.07, 6.45) is 12.7. The topological polar surface area (TPSA) is 6.48 Å². The van der Waals surface area contributed by atoms with Crippen molar-refractivity contribution in [1.82, 2.24) is 0 Å². The average molecular weight is 891 g/mol. The predicted octanol–water partition coefficient (Wildman–Crippen LogP) is 16.7. The molecule has 0 spiro atoms. The first-order chi connectivity index (χ1) is 29.5. The maximum atomic E-state index is 7.48. The lowest BCUT2D eigenvalue weighted by molar-refractivity contribution is 0.140. The molecule has 2 heterocycles. The summed E-state index contributed by atoms with van der Waals surface area (Å²) in [4.78, 5) is 4.89. The van der Waals surface area contributed by atoms with Crippen LogP contribution in [-0.2, 0) is 10.8 Å². The Kier molecular flexibility index (Phi) is 14.4. The minimum absolute atomic E-state index is 0.00534. The fourth-order valence-electron chi connectivity index (χ4n) is 12.4. The van der Waals surface area contributed by atoms with Gasteiger partial charge in [0.2, 0.25) is 0 Å². The Balaban J connectivity index is 1.05. The maximum Gasteiger partial charge on any atom is 0.0695 e. The minimum Gasteiger partial charge on any atom is -0.344 e. The third-order valence-electron chi connectivity index (χ3n) is 15.8. The van der Waals surface area contributed by atoms with Crippen molar-refractivity contribution in [2.45, 2.75) is 162 Å². The van der Waals surface area contributed by atoms with E-state index in [-0.39, 0.29) is 16.7 Å². The van der Waals surface area contributed by atoms with Crippen LogP contribution in [0, 0.1) is 54.3 Å². The molecule has 2 fully saturated rings. The number of halogens is 3. The van der Waals surface area contributed by atoms with Crippen LogP contribution in [0.15, 0.2) is 61.0 Å². The van der Waals surface area contributed by atoms with Crippen molar-refractivity contribution in [2.24, 2.45) is 23.7 Å². The molecule has 62 heavy (non-hydrogen) atoms. The molecule has 2 aliphatic heterocycles. The SMILES string of the molecule is C=C1CC2C(C)CCCC2(C)c2cc(C)c(C(C)C)c(Cl)c2N1CCCC#Cc1ccccc1C#CCCCN1C(=C)CC2C(C)CCCC2(C)c2cc(Cl)c(C(C)C)c(Cl)c21. The lowest BCUT2D eigenvalue weighted by Gasteiger charge is -2.45. The van der Waals surface area contributed by atoms with E-state index >= 15 is 0 Å². The average Bonchev–Trinajstić information content (AvgIpc) is 3.36. The van der Waals surface area contributed by atoms with Gasteiger partial charge in [-0.25, -0.2) is 0 Å². The van der Waals surface area contributed by atoms with Crippen molar-refractivity contribution in [3.05, 3.63) is 115 Å². The number of allylic oxidation sites excluding steroid dienone is 2. The van der Waals surface area contributed by atoms with Gasteiger partial charge >= 0.3 is 0 Å². The molecule has 330 valence electrons. The van der Waals surface area contributed by atoms with Gasteiger partial charge in [0.05, 0.1) is 21.4 Å². The van der Waals surface area contributed by atoms with Crippen molar-refractivity contribution in [3.63, 3.8) is 0 Å². The first kappa shape index (κ1) is 46.7. The summed E-state index contributed by atoms with van der Waals surface area (Å²) < 4.78 is 0. The highest BCUT2D eigenvalue weighted by Crippen LogP contribution is 2.59. The molecule has 3 aromatic rings. The standard InChI is InChI=1S/C57H71Cl3N2/c1-36(2)50-40(7)32-47-54(52(50)59)61(41(8)33-45-38(5)22-20-28-56(45,47)10)30-18-12-14-24-43-26-16-17-27-44(43)25-15-13-19-31-62-42(9)34-46-39(6)23-21-29-57(46,11)48-35-49(58)51(37(3)4)53(60)55(48)62/h16-17,26-27,32,35-39,45-46H,8-9,12-13,18-23,28-31,33-34H2,1-7,10-11H3. The number of hydrogen-bond acceptors (Lipinski definition) is 2. The van der Waals surface area contributed by atoms with Gasteiger partial charge in [0, 0.05) is 53.5 Å². The highest BCUT2D eigenvalue weighted by atomic mass is 35.5. The van der Waals surface area contributed by atoms with E-state index in [9.17, 15) is 0 Å². The first-order valence-corrected chi connectivity index (χ1v) is 25.0. The van der Waals surface area contributed by atoms with Crippen LogP contribution in [0.25, 0.3) is 0 Å². The summed E-state index contributed by atoms with van der Waals surface area (Å²) in [6.45, 7) is 32.0. The van der Waals surface area contributed by atoms with E-state index in [2.05, 4.69) is 132 Å². The molecule has 3 aromatic carbocycles. The van der Waals surface area contributed by atoms with Crippen molar-refractivity contribution in [2.75, 3.05) is 22.9 Å². The Morgan fingerprint density at radius 2 is 1.13 bits per heavy atom. The van der Waals surface area contributed by atoms with E-state index in [1.165, 1.54) is 65.7 Å². The molecule has 0 radical (unpaired) electrons. The van der Waals surface area contributed by atoms with Crippen LogP contribution in [0.1, 0.15) is 183 Å². The van der Waals surface area contributed by atoms with Crippen LogP contribution in [0.4, 0.5) is 11.4 Å². The van der Waals surface area contributed by atoms with E-state index in [0.717, 1.165) is 101 Å². The van der Waals surface area contributed by atoms with E-state index in [4.69, 9.17) is 48.0 Å². The van der Waals surface area contributed by atoms with Gasteiger partial charge in [-0.3, -0.25) is 0 Å². The largest absolute Gasteiger partial charge is 0.344 e. The van der Waals surface area contributed by atoms with E-state index < -0.39 is 0 Å². The molecule has 5 heteroatoms. The molecule has 4 aliphatic rings. The molecular formula is C57H71Cl3N2. The molecule has 2 nitrogen and oxygen atoms in total. The van der Waals surface area contributed by atoms with Crippen LogP contribution < -0.4 is 9.80 Å². The highest BCUT2D eigenvalue weighted by molar-refractivity contribution is 6.38. The van der Waals surface area contributed by atoms with Crippen LogP contribution in [0.5, 0.6) is 0 Å². The zero-order chi connectivity index (χ0) is 44.7. The molecule has 0 saturated heterocycles. The van der Waals surface area contributed by atoms with Crippen LogP contribution >= 0.6 is 34.8 Å². The van der Waals surface area contributed by atoms with Gasteiger partial charge in [0.25, 0.3) is 0 Å². The molecule has 0 aromatic heterocycles. The number of rotatable bonds is 8. The van der Waals surface area contributed by atoms with E-state index in [1.54, 1.807) is 0 Å². The second-order valence-corrected chi connectivity index (χ2v) is 21.8. The lowest BCUT2D eigenvalue weighted by Crippen LogP contribution is -2.39. The highest BCUT2D eigenvalue weighted by Gasteiger charge is 2.48. The van der Waals surface area contributed by atoms with Crippen LogP contribution in [-0.4, -0.2) is 13.1 Å². The summed E-state index contributed by atoms with van der Waals surface area (Å²) in [5, 5.41) is 2.51. The van der Waals surface area contributed by atoms with Gasteiger partial charge in [-0.05, 0) is 138 Å². The Morgan fingerprint density at radius 3 is 1.58 bits per heavy atom. The smallest absolute Gasteiger partial charge is 0.0695 e. The molecule has 2 saturated carbocycles. The third-order valence-corrected chi connectivity index (χ3v) is 16.9. The normalized spacial score (nSPS) is 25.8. The fraction of sp³-hybridized carbons (Fsp3) is 0.544. The van der Waals surface area contributed by atoms with Crippen molar-refractivity contribution in [1.29, 1.82) is 0 Å². The van der Waals surface area contributed by atoms with Crippen molar-refractivity contribution in [3.8, 4) is 23.7 Å². The summed E-state index contributed by atoms with van der Waals surface area (Å²) in [5.41, 5.74) is 13.1. The molecule has 2 aliphatic carbocycles. The molecule has 7 rings (SSSR count). The minimum atomic E-state index is 0.00534.